The summed E-state index contributed by atoms with van der Waals surface area (Å²) in [6, 6.07) is 12.7. The zero-order valence-electron chi connectivity index (χ0n) is 12.3. The maximum absolute atomic E-state index is 14.0. The Morgan fingerprint density at radius 1 is 0.952 bits per heavy atom. The fourth-order valence-electron chi connectivity index (χ4n) is 2.56. The molecule has 2 rings (SSSR count). The Kier molecular flexibility index (Phi) is 5.04. The van der Waals surface area contributed by atoms with Crippen molar-refractivity contribution in [2.45, 2.75) is 19.0 Å². The molecular formula is C17H20F2N2. The van der Waals surface area contributed by atoms with Crippen LogP contribution in [-0.4, -0.2) is 18.5 Å². The zero-order chi connectivity index (χ0) is 15.4. The number of likely N-dealkylation sites (N-methyl/N-ethyl adjacent to an activating group) is 1. The number of rotatable bonds is 5. The zero-order valence-corrected chi connectivity index (χ0v) is 12.3. The first-order chi connectivity index (χ1) is 10.1. The van der Waals surface area contributed by atoms with Gasteiger partial charge in [0.25, 0.3) is 0 Å². The highest BCUT2D eigenvalue weighted by Gasteiger charge is 2.24. The molecule has 4 heteroatoms. The molecule has 2 nitrogen and oxygen atoms in total. The van der Waals surface area contributed by atoms with Crippen molar-refractivity contribution in [3.05, 3.63) is 71.3 Å². The monoisotopic (exact) mass is 290 g/mol. The van der Waals surface area contributed by atoms with Crippen molar-refractivity contribution >= 4 is 0 Å². The van der Waals surface area contributed by atoms with Gasteiger partial charge in [0.1, 0.15) is 11.6 Å². The highest BCUT2D eigenvalue weighted by atomic mass is 19.1. The highest BCUT2D eigenvalue weighted by molar-refractivity contribution is 5.24. The lowest BCUT2D eigenvalue weighted by Gasteiger charge is -2.33. The molecule has 21 heavy (non-hydrogen) atoms. The van der Waals surface area contributed by atoms with Gasteiger partial charge in [-0.3, -0.25) is 4.90 Å². The molecule has 112 valence electrons. The third kappa shape index (κ3) is 3.28. The summed E-state index contributed by atoms with van der Waals surface area (Å²) in [7, 11) is 1.83. The lowest BCUT2D eigenvalue weighted by molar-refractivity contribution is 0.183. The summed E-state index contributed by atoms with van der Waals surface area (Å²) in [5.74, 6) is -0.554. The predicted molar refractivity (Wildman–Crippen MR) is 80.8 cm³/mol. The van der Waals surface area contributed by atoms with Gasteiger partial charge in [0.05, 0.1) is 6.04 Å². The molecule has 0 saturated carbocycles. The van der Waals surface area contributed by atoms with Gasteiger partial charge in [-0.15, -0.1) is 0 Å². The topological polar surface area (TPSA) is 29.3 Å². The Morgan fingerprint density at radius 3 is 1.90 bits per heavy atom. The van der Waals surface area contributed by atoms with E-state index in [1.807, 2.05) is 18.9 Å². The van der Waals surface area contributed by atoms with Gasteiger partial charge in [-0.05, 0) is 26.1 Å². The molecule has 0 amide bonds. The van der Waals surface area contributed by atoms with Gasteiger partial charge in [0, 0.05) is 23.7 Å². The van der Waals surface area contributed by atoms with Gasteiger partial charge >= 0.3 is 0 Å². The normalized spacial score (nSPS) is 14.2. The molecule has 2 atom stereocenters. The van der Waals surface area contributed by atoms with Gasteiger partial charge < -0.3 is 5.73 Å². The van der Waals surface area contributed by atoms with Gasteiger partial charge in [-0.25, -0.2) is 8.78 Å². The fourth-order valence-corrected chi connectivity index (χ4v) is 2.56. The van der Waals surface area contributed by atoms with Crippen LogP contribution in [0.1, 0.15) is 30.1 Å². The maximum atomic E-state index is 14.0. The smallest absolute Gasteiger partial charge is 0.128 e. The SMILES string of the molecule is CC(c1ccccc1F)N(C)C(CN)c1ccccc1F. The van der Waals surface area contributed by atoms with E-state index in [2.05, 4.69) is 0 Å². The first kappa shape index (κ1) is 15.6. The molecule has 0 aliphatic rings. The van der Waals surface area contributed by atoms with Crippen LogP contribution < -0.4 is 5.73 Å². The molecule has 2 unspecified atom stereocenters. The number of benzene rings is 2. The maximum Gasteiger partial charge on any atom is 0.128 e. The molecule has 2 N–H and O–H groups in total. The van der Waals surface area contributed by atoms with E-state index >= 15 is 0 Å². The number of hydrogen-bond donors (Lipinski definition) is 1. The van der Waals surface area contributed by atoms with E-state index in [9.17, 15) is 8.78 Å². The Morgan fingerprint density at radius 2 is 1.43 bits per heavy atom. The van der Waals surface area contributed by atoms with E-state index in [0.29, 0.717) is 11.1 Å². The first-order valence-electron chi connectivity index (χ1n) is 6.97. The van der Waals surface area contributed by atoms with Crippen LogP contribution in [-0.2, 0) is 0 Å². The summed E-state index contributed by atoms with van der Waals surface area (Å²) in [4.78, 5) is 1.90. The van der Waals surface area contributed by atoms with Crippen molar-refractivity contribution in [3.8, 4) is 0 Å². The second-order valence-corrected chi connectivity index (χ2v) is 5.14. The lowest BCUT2D eigenvalue weighted by Crippen LogP contribution is -2.33. The summed E-state index contributed by atoms with van der Waals surface area (Å²) in [5, 5.41) is 0. The predicted octanol–water partition coefficient (Wildman–Crippen LogP) is 3.66. The average Bonchev–Trinajstić information content (AvgIpc) is 2.49. The minimum absolute atomic E-state index is 0.209. The molecule has 0 radical (unpaired) electrons. The number of halogens is 2. The van der Waals surface area contributed by atoms with Crippen LogP contribution >= 0.6 is 0 Å². The highest BCUT2D eigenvalue weighted by Crippen LogP contribution is 2.30. The van der Waals surface area contributed by atoms with Gasteiger partial charge in [0.15, 0.2) is 0 Å². The van der Waals surface area contributed by atoms with Crippen molar-refractivity contribution in [1.29, 1.82) is 0 Å². The molecule has 0 bridgehead atoms. The molecule has 2 aromatic carbocycles. The van der Waals surface area contributed by atoms with Crippen molar-refractivity contribution in [2.24, 2.45) is 5.73 Å². The molecule has 0 spiro atoms. The van der Waals surface area contributed by atoms with Gasteiger partial charge in [0.2, 0.25) is 0 Å². The van der Waals surface area contributed by atoms with Crippen molar-refractivity contribution in [2.75, 3.05) is 13.6 Å². The van der Waals surface area contributed by atoms with Crippen molar-refractivity contribution in [1.82, 2.24) is 4.90 Å². The summed E-state index contributed by atoms with van der Waals surface area (Å²) in [5.41, 5.74) is 6.94. The fraction of sp³-hybridized carbons (Fsp3) is 0.294. The molecule has 2 aromatic rings. The summed E-state index contributed by atoms with van der Waals surface area (Å²) < 4.78 is 27.9. The van der Waals surface area contributed by atoms with E-state index in [-0.39, 0.29) is 30.3 Å². The second-order valence-electron chi connectivity index (χ2n) is 5.14. The Bertz CT molecular complexity index is 601. The van der Waals surface area contributed by atoms with Crippen LogP contribution in [0.3, 0.4) is 0 Å². The Hall–Kier alpha value is -1.78. The molecule has 0 fully saturated rings. The molecule has 0 heterocycles. The minimum Gasteiger partial charge on any atom is -0.329 e. The minimum atomic E-state index is -0.305. The first-order valence-corrected chi connectivity index (χ1v) is 6.97. The van der Waals surface area contributed by atoms with E-state index in [4.69, 9.17) is 5.73 Å². The van der Waals surface area contributed by atoms with Crippen LogP contribution in [0, 0.1) is 11.6 Å². The molecular weight excluding hydrogens is 270 g/mol. The van der Waals surface area contributed by atoms with E-state index < -0.39 is 0 Å². The van der Waals surface area contributed by atoms with E-state index in [0.717, 1.165) is 0 Å². The van der Waals surface area contributed by atoms with Gasteiger partial charge in [-0.2, -0.15) is 0 Å². The van der Waals surface area contributed by atoms with E-state index in [1.165, 1.54) is 12.1 Å². The lowest BCUT2D eigenvalue weighted by atomic mass is 10.00. The largest absolute Gasteiger partial charge is 0.329 e. The summed E-state index contributed by atoms with van der Waals surface area (Å²) in [6.07, 6.45) is 0. The molecule has 0 aromatic heterocycles. The third-order valence-corrected chi connectivity index (χ3v) is 3.95. The molecule has 0 aliphatic heterocycles. The van der Waals surface area contributed by atoms with Crippen LogP contribution in [0.4, 0.5) is 8.78 Å². The Labute approximate surface area is 124 Å². The second kappa shape index (κ2) is 6.78. The van der Waals surface area contributed by atoms with Gasteiger partial charge in [-0.1, -0.05) is 36.4 Å². The number of nitrogens with zero attached hydrogens (tertiary/aromatic N) is 1. The molecule has 0 saturated heterocycles. The third-order valence-electron chi connectivity index (χ3n) is 3.95. The van der Waals surface area contributed by atoms with Crippen LogP contribution in [0.25, 0.3) is 0 Å². The van der Waals surface area contributed by atoms with Crippen molar-refractivity contribution in [3.63, 3.8) is 0 Å². The standard InChI is InChI=1S/C17H20F2N2/c1-12(13-7-3-5-9-15(13)18)21(2)17(11-20)14-8-4-6-10-16(14)19/h3-10,12,17H,11,20H2,1-2H3. The van der Waals surface area contributed by atoms with Crippen LogP contribution in [0.5, 0.6) is 0 Å². The summed E-state index contributed by atoms with van der Waals surface area (Å²) in [6.45, 7) is 2.15. The van der Waals surface area contributed by atoms with Crippen LogP contribution in [0.15, 0.2) is 48.5 Å². The van der Waals surface area contributed by atoms with Crippen molar-refractivity contribution < 1.29 is 8.78 Å². The quantitative estimate of drug-likeness (QED) is 0.910. The number of nitrogens with two attached hydrogens (primary N) is 1. The molecule has 0 aliphatic carbocycles. The Balaban J connectivity index is 2.31. The summed E-state index contributed by atoms with van der Waals surface area (Å²) >= 11 is 0. The van der Waals surface area contributed by atoms with Crippen LogP contribution in [0.2, 0.25) is 0 Å². The van der Waals surface area contributed by atoms with E-state index in [1.54, 1.807) is 36.4 Å². The number of hydrogen-bond acceptors (Lipinski definition) is 2. The average molecular weight is 290 g/mol.